The van der Waals surface area contributed by atoms with Crippen molar-refractivity contribution in [2.45, 2.75) is 6.42 Å². The molecule has 3 rings (SSSR count). The molecule has 1 aliphatic rings. The van der Waals surface area contributed by atoms with E-state index in [1.807, 2.05) is 36.1 Å². The minimum Gasteiger partial charge on any atom is -0.486 e. The molecule has 0 saturated carbocycles. The predicted octanol–water partition coefficient (Wildman–Crippen LogP) is 1.36. The van der Waals surface area contributed by atoms with E-state index in [9.17, 15) is 0 Å². The third-order valence-electron chi connectivity index (χ3n) is 3.13. The summed E-state index contributed by atoms with van der Waals surface area (Å²) in [5, 5.41) is 4.51. The largest absolute Gasteiger partial charge is 0.486 e. The Morgan fingerprint density at radius 1 is 1.26 bits per heavy atom. The van der Waals surface area contributed by atoms with E-state index >= 15 is 0 Å². The molecule has 1 aliphatic heterocycles. The Bertz CT molecular complexity index is 592. The third-order valence-corrected chi connectivity index (χ3v) is 3.13. The second-order valence-corrected chi connectivity index (χ2v) is 4.57. The first kappa shape index (κ1) is 12.0. The molecule has 5 heteroatoms. The number of fused-ring (bicyclic) bond motifs is 1. The van der Waals surface area contributed by atoms with Crippen molar-refractivity contribution >= 4 is 0 Å². The number of hydrogen-bond donors (Lipinski definition) is 1. The van der Waals surface area contributed by atoms with Crippen LogP contribution in [0.4, 0.5) is 0 Å². The third kappa shape index (κ3) is 2.29. The number of nitrogens with two attached hydrogens (primary N) is 1. The van der Waals surface area contributed by atoms with Crippen LogP contribution in [-0.4, -0.2) is 29.5 Å². The van der Waals surface area contributed by atoms with Gasteiger partial charge in [-0.1, -0.05) is 0 Å². The fourth-order valence-corrected chi connectivity index (χ4v) is 2.31. The highest BCUT2D eigenvalue weighted by Crippen LogP contribution is 2.35. The first-order valence-corrected chi connectivity index (χ1v) is 6.40. The van der Waals surface area contributed by atoms with Crippen LogP contribution >= 0.6 is 0 Å². The molecule has 0 fully saturated rings. The molecule has 1 aromatic carbocycles. The van der Waals surface area contributed by atoms with Crippen LogP contribution in [-0.2, 0) is 13.5 Å². The van der Waals surface area contributed by atoms with Gasteiger partial charge >= 0.3 is 0 Å². The van der Waals surface area contributed by atoms with Crippen LogP contribution < -0.4 is 15.2 Å². The SMILES string of the molecule is Cn1cc(CCN)c(-c2ccc3c(c2)OCCO3)n1. The lowest BCUT2D eigenvalue weighted by atomic mass is 10.1. The summed E-state index contributed by atoms with van der Waals surface area (Å²) in [6.07, 6.45) is 2.83. The van der Waals surface area contributed by atoms with Gasteiger partial charge in [-0.05, 0) is 36.7 Å². The summed E-state index contributed by atoms with van der Waals surface area (Å²) in [5.74, 6) is 1.58. The normalized spacial score (nSPS) is 13.6. The number of hydrogen-bond acceptors (Lipinski definition) is 4. The van der Waals surface area contributed by atoms with E-state index in [2.05, 4.69) is 5.10 Å². The fraction of sp³-hybridized carbons (Fsp3) is 0.357. The standard InChI is InChI=1S/C14H17N3O2/c1-17-9-11(4-5-15)14(16-17)10-2-3-12-13(8-10)19-7-6-18-12/h2-3,8-9H,4-7,15H2,1H3. The van der Waals surface area contributed by atoms with Crippen LogP contribution in [0.15, 0.2) is 24.4 Å². The monoisotopic (exact) mass is 259 g/mol. The summed E-state index contributed by atoms with van der Waals surface area (Å²) >= 11 is 0. The zero-order valence-corrected chi connectivity index (χ0v) is 10.9. The molecule has 0 amide bonds. The van der Waals surface area contributed by atoms with Crippen molar-refractivity contribution < 1.29 is 9.47 Å². The summed E-state index contributed by atoms with van der Waals surface area (Å²) in [6.45, 7) is 1.81. The summed E-state index contributed by atoms with van der Waals surface area (Å²) in [7, 11) is 1.92. The predicted molar refractivity (Wildman–Crippen MR) is 72.4 cm³/mol. The summed E-state index contributed by atoms with van der Waals surface area (Å²) in [6, 6.07) is 5.93. The van der Waals surface area contributed by atoms with Gasteiger partial charge < -0.3 is 15.2 Å². The molecular formula is C14H17N3O2. The lowest BCUT2D eigenvalue weighted by Gasteiger charge is -2.18. The molecule has 0 aliphatic carbocycles. The Morgan fingerprint density at radius 2 is 2.05 bits per heavy atom. The van der Waals surface area contributed by atoms with Gasteiger partial charge in [0.2, 0.25) is 0 Å². The van der Waals surface area contributed by atoms with E-state index < -0.39 is 0 Å². The molecule has 0 atom stereocenters. The molecule has 2 aromatic rings. The molecule has 0 spiro atoms. The molecule has 5 nitrogen and oxygen atoms in total. The highest BCUT2D eigenvalue weighted by atomic mass is 16.6. The van der Waals surface area contributed by atoms with Gasteiger partial charge in [0, 0.05) is 18.8 Å². The molecule has 2 N–H and O–H groups in total. The smallest absolute Gasteiger partial charge is 0.162 e. The topological polar surface area (TPSA) is 62.3 Å². The molecule has 0 saturated heterocycles. The van der Waals surface area contributed by atoms with Crippen LogP contribution in [0.1, 0.15) is 5.56 Å². The molecule has 0 radical (unpaired) electrons. The Labute approximate surface area is 111 Å². The van der Waals surface area contributed by atoms with Crippen molar-refractivity contribution in [2.75, 3.05) is 19.8 Å². The van der Waals surface area contributed by atoms with E-state index in [1.54, 1.807) is 0 Å². The van der Waals surface area contributed by atoms with Gasteiger partial charge in [-0.2, -0.15) is 5.10 Å². The quantitative estimate of drug-likeness (QED) is 0.904. The highest BCUT2D eigenvalue weighted by molar-refractivity contribution is 5.66. The average Bonchev–Trinajstić information content (AvgIpc) is 2.80. The average molecular weight is 259 g/mol. The minimum absolute atomic E-state index is 0.592. The van der Waals surface area contributed by atoms with Gasteiger partial charge in [0.1, 0.15) is 13.2 Å². The molecule has 0 bridgehead atoms. The van der Waals surface area contributed by atoms with Crippen molar-refractivity contribution in [3.8, 4) is 22.8 Å². The van der Waals surface area contributed by atoms with Crippen molar-refractivity contribution in [3.05, 3.63) is 30.0 Å². The number of rotatable bonds is 3. The molecule has 0 unspecified atom stereocenters. The number of aromatic nitrogens is 2. The second-order valence-electron chi connectivity index (χ2n) is 4.57. The van der Waals surface area contributed by atoms with Crippen molar-refractivity contribution in [1.29, 1.82) is 0 Å². The van der Waals surface area contributed by atoms with Gasteiger partial charge in [0.25, 0.3) is 0 Å². The summed E-state index contributed by atoms with van der Waals surface area (Å²) in [5.41, 5.74) is 8.80. The minimum atomic E-state index is 0.592. The molecule has 100 valence electrons. The molecule has 1 aromatic heterocycles. The van der Waals surface area contributed by atoms with Crippen LogP contribution in [0.5, 0.6) is 11.5 Å². The zero-order valence-electron chi connectivity index (χ0n) is 10.9. The number of benzene rings is 1. The van der Waals surface area contributed by atoms with E-state index in [0.717, 1.165) is 34.7 Å². The highest BCUT2D eigenvalue weighted by Gasteiger charge is 2.15. The first-order valence-electron chi connectivity index (χ1n) is 6.40. The van der Waals surface area contributed by atoms with Crippen LogP contribution in [0, 0.1) is 0 Å². The van der Waals surface area contributed by atoms with Crippen LogP contribution in [0.2, 0.25) is 0 Å². The molecular weight excluding hydrogens is 242 g/mol. The lowest BCUT2D eigenvalue weighted by molar-refractivity contribution is 0.171. The van der Waals surface area contributed by atoms with Gasteiger partial charge in [0.05, 0.1) is 5.69 Å². The Balaban J connectivity index is 2.01. The van der Waals surface area contributed by atoms with Crippen LogP contribution in [0.25, 0.3) is 11.3 Å². The van der Waals surface area contributed by atoms with E-state index in [0.29, 0.717) is 19.8 Å². The van der Waals surface area contributed by atoms with Gasteiger partial charge in [-0.25, -0.2) is 0 Å². The van der Waals surface area contributed by atoms with Crippen LogP contribution in [0.3, 0.4) is 0 Å². The summed E-state index contributed by atoms with van der Waals surface area (Å²) < 4.78 is 13.0. The fourth-order valence-electron chi connectivity index (χ4n) is 2.31. The van der Waals surface area contributed by atoms with Crippen molar-refractivity contribution in [2.24, 2.45) is 12.8 Å². The zero-order chi connectivity index (χ0) is 13.2. The second kappa shape index (κ2) is 4.93. The maximum absolute atomic E-state index is 5.65. The Hall–Kier alpha value is -2.01. The maximum atomic E-state index is 5.65. The Kier molecular flexibility index (Phi) is 3.13. The van der Waals surface area contributed by atoms with Gasteiger partial charge in [-0.15, -0.1) is 0 Å². The van der Waals surface area contributed by atoms with Crippen molar-refractivity contribution in [3.63, 3.8) is 0 Å². The lowest BCUT2D eigenvalue weighted by Crippen LogP contribution is -2.15. The first-order chi connectivity index (χ1) is 9.28. The van der Waals surface area contributed by atoms with E-state index in [4.69, 9.17) is 15.2 Å². The van der Waals surface area contributed by atoms with Gasteiger partial charge in [-0.3, -0.25) is 4.68 Å². The molecule has 19 heavy (non-hydrogen) atoms. The van der Waals surface area contributed by atoms with Gasteiger partial charge in [0.15, 0.2) is 11.5 Å². The number of ether oxygens (including phenoxy) is 2. The van der Waals surface area contributed by atoms with E-state index in [-0.39, 0.29) is 0 Å². The molecule has 2 heterocycles. The summed E-state index contributed by atoms with van der Waals surface area (Å²) in [4.78, 5) is 0. The van der Waals surface area contributed by atoms with E-state index in [1.165, 1.54) is 0 Å². The number of aryl methyl sites for hydroxylation is 1. The van der Waals surface area contributed by atoms with Crippen molar-refractivity contribution in [1.82, 2.24) is 9.78 Å². The number of nitrogens with zero attached hydrogens (tertiary/aromatic N) is 2. The Morgan fingerprint density at radius 3 is 2.84 bits per heavy atom. The maximum Gasteiger partial charge on any atom is 0.162 e.